The van der Waals surface area contributed by atoms with Crippen LogP contribution in [0, 0.1) is 19.3 Å². The Morgan fingerprint density at radius 2 is 1.74 bits per heavy atom. The number of aryl methyl sites for hydroxylation is 2. The number of benzene rings is 2. The molecule has 0 bridgehead atoms. The maximum atomic E-state index is 11.3. The van der Waals surface area contributed by atoms with Gasteiger partial charge in [0, 0.05) is 5.56 Å². The lowest BCUT2D eigenvalue weighted by Gasteiger charge is -2.27. The number of carboxylic acid groups (broad SMARTS) is 1. The van der Waals surface area contributed by atoms with Crippen LogP contribution in [-0.4, -0.2) is 25.4 Å². The molecule has 0 radical (unpaired) electrons. The van der Waals surface area contributed by atoms with Gasteiger partial charge in [-0.15, -0.1) is 0 Å². The van der Waals surface area contributed by atoms with Crippen LogP contribution >= 0.6 is 0 Å². The van der Waals surface area contributed by atoms with Gasteiger partial charge < -0.3 is 19.9 Å². The van der Waals surface area contributed by atoms with Gasteiger partial charge in [-0.3, -0.25) is 0 Å². The molecule has 2 aromatic carbocycles. The topological polar surface area (TPSA) is 67.8 Å². The van der Waals surface area contributed by atoms with E-state index in [1.807, 2.05) is 19.9 Å². The molecule has 0 heterocycles. The maximum Gasteiger partial charge on any atom is 0.405 e. The van der Waals surface area contributed by atoms with Crippen LogP contribution < -0.4 is 14.8 Å². The Morgan fingerprint density at radius 1 is 1.11 bits per heavy atom. The van der Waals surface area contributed by atoms with Crippen molar-refractivity contribution in [1.29, 1.82) is 0 Å². The fourth-order valence-corrected chi connectivity index (χ4v) is 4.29. The van der Waals surface area contributed by atoms with Crippen molar-refractivity contribution in [2.75, 3.05) is 14.2 Å². The van der Waals surface area contributed by atoms with Crippen LogP contribution in [0.4, 0.5) is 4.79 Å². The Bertz CT molecular complexity index is 878. The lowest BCUT2D eigenvalue weighted by Crippen LogP contribution is -2.34. The van der Waals surface area contributed by atoms with E-state index in [2.05, 4.69) is 37.4 Å². The van der Waals surface area contributed by atoms with Gasteiger partial charge in [0.25, 0.3) is 0 Å². The molecule has 3 rings (SSSR count). The molecule has 144 valence electrons. The first kappa shape index (κ1) is 19.1. The predicted molar refractivity (Wildman–Crippen MR) is 106 cm³/mol. The summed E-state index contributed by atoms with van der Waals surface area (Å²) in [7, 11) is 3.33. The second-order valence-electron chi connectivity index (χ2n) is 7.94. The number of hydrogen-bond donors (Lipinski definition) is 2. The molecule has 0 aliphatic heterocycles. The summed E-state index contributed by atoms with van der Waals surface area (Å²) >= 11 is 0. The molecule has 1 aliphatic rings. The Morgan fingerprint density at radius 3 is 2.26 bits per heavy atom. The standard InChI is InChI=1S/C22H27NO4/c1-12-7-14(8-13(2)19(12)27-6)16-9-15-11-22(3,4)20(23-21(24)25)17(15)10-18(16)26-5/h7-10,20,23H,11H2,1-6H3,(H,24,25). The second kappa shape index (κ2) is 6.80. The number of amides is 1. The minimum absolute atomic E-state index is 0.198. The summed E-state index contributed by atoms with van der Waals surface area (Å²) in [6, 6.07) is 8.06. The summed E-state index contributed by atoms with van der Waals surface area (Å²) in [4.78, 5) is 11.3. The largest absolute Gasteiger partial charge is 0.496 e. The van der Waals surface area contributed by atoms with Crippen LogP contribution in [0.25, 0.3) is 11.1 Å². The van der Waals surface area contributed by atoms with E-state index in [-0.39, 0.29) is 11.5 Å². The monoisotopic (exact) mass is 369 g/mol. The van der Waals surface area contributed by atoms with Crippen molar-refractivity contribution >= 4 is 6.09 Å². The average molecular weight is 369 g/mol. The molecule has 0 aromatic heterocycles. The first-order chi connectivity index (χ1) is 12.7. The number of nitrogens with one attached hydrogen (secondary N) is 1. The Hall–Kier alpha value is -2.69. The van der Waals surface area contributed by atoms with Crippen molar-refractivity contribution in [3.63, 3.8) is 0 Å². The zero-order valence-electron chi connectivity index (χ0n) is 16.8. The fraction of sp³-hybridized carbons (Fsp3) is 0.409. The molecular formula is C22H27NO4. The Labute approximate surface area is 160 Å². The van der Waals surface area contributed by atoms with Crippen LogP contribution in [0.5, 0.6) is 11.5 Å². The highest BCUT2D eigenvalue weighted by atomic mass is 16.5. The summed E-state index contributed by atoms with van der Waals surface area (Å²) in [5.41, 5.74) is 6.16. The zero-order chi connectivity index (χ0) is 19.9. The first-order valence-electron chi connectivity index (χ1n) is 9.04. The smallest absolute Gasteiger partial charge is 0.405 e. The maximum absolute atomic E-state index is 11.3. The van der Waals surface area contributed by atoms with E-state index >= 15 is 0 Å². The Balaban J connectivity index is 2.15. The van der Waals surface area contributed by atoms with Gasteiger partial charge in [-0.2, -0.15) is 0 Å². The number of rotatable bonds is 4. The molecule has 27 heavy (non-hydrogen) atoms. The predicted octanol–water partition coefficient (Wildman–Crippen LogP) is 4.88. The molecule has 0 fully saturated rings. The van der Waals surface area contributed by atoms with Crippen molar-refractivity contribution in [2.45, 2.75) is 40.2 Å². The molecule has 5 heteroatoms. The highest BCUT2D eigenvalue weighted by Gasteiger charge is 2.40. The number of carbonyl (C=O) groups is 1. The van der Waals surface area contributed by atoms with E-state index < -0.39 is 6.09 Å². The third-order valence-corrected chi connectivity index (χ3v) is 5.44. The van der Waals surface area contributed by atoms with Crippen LogP contribution in [0.2, 0.25) is 0 Å². The molecule has 1 aliphatic carbocycles. The van der Waals surface area contributed by atoms with E-state index in [1.54, 1.807) is 14.2 Å². The number of fused-ring (bicyclic) bond motifs is 1. The van der Waals surface area contributed by atoms with Crippen molar-refractivity contribution in [2.24, 2.45) is 5.41 Å². The molecule has 0 saturated heterocycles. The van der Waals surface area contributed by atoms with Gasteiger partial charge in [0.1, 0.15) is 11.5 Å². The molecule has 0 saturated carbocycles. The molecule has 2 aromatic rings. The van der Waals surface area contributed by atoms with Gasteiger partial charge in [-0.1, -0.05) is 13.8 Å². The summed E-state index contributed by atoms with van der Waals surface area (Å²) in [5.74, 6) is 1.64. The van der Waals surface area contributed by atoms with E-state index in [1.165, 1.54) is 0 Å². The summed E-state index contributed by atoms with van der Waals surface area (Å²) in [6.45, 7) is 8.24. The van der Waals surface area contributed by atoms with Gasteiger partial charge in [-0.05, 0) is 77.8 Å². The Kier molecular flexibility index (Phi) is 4.81. The zero-order valence-corrected chi connectivity index (χ0v) is 16.8. The fourth-order valence-electron chi connectivity index (χ4n) is 4.29. The quantitative estimate of drug-likeness (QED) is 0.806. The first-order valence-corrected chi connectivity index (χ1v) is 9.04. The minimum atomic E-state index is -1.01. The van der Waals surface area contributed by atoms with E-state index in [9.17, 15) is 9.90 Å². The molecule has 5 nitrogen and oxygen atoms in total. The van der Waals surface area contributed by atoms with Gasteiger partial charge in [0.2, 0.25) is 0 Å². The van der Waals surface area contributed by atoms with Crippen molar-refractivity contribution < 1.29 is 19.4 Å². The van der Waals surface area contributed by atoms with Gasteiger partial charge in [-0.25, -0.2) is 4.79 Å². The van der Waals surface area contributed by atoms with Crippen molar-refractivity contribution in [3.8, 4) is 22.6 Å². The molecule has 0 spiro atoms. The molecule has 1 atom stereocenters. The average Bonchev–Trinajstić information content (AvgIpc) is 2.82. The van der Waals surface area contributed by atoms with E-state index in [4.69, 9.17) is 9.47 Å². The van der Waals surface area contributed by atoms with Crippen LogP contribution in [-0.2, 0) is 6.42 Å². The normalized spacial score (nSPS) is 17.3. The third-order valence-electron chi connectivity index (χ3n) is 5.44. The summed E-state index contributed by atoms with van der Waals surface area (Å²) < 4.78 is 11.2. The molecule has 2 N–H and O–H groups in total. The minimum Gasteiger partial charge on any atom is -0.496 e. The second-order valence-corrected chi connectivity index (χ2v) is 7.94. The molecular weight excluding hydrogens is 342 g/mol. The van der Waals surface area contributed by atoms with Crippen LogP contribution in [0.15, 0.2) is 24.3 Å². The molecule has 1 unspecified atom stereocenters. The lowest BCUT2D eigenvalue weighted by molar-refractivity contribution is 0.175. The highest BCUT2D eigenvalue weighted by Crippen LogP contribution is 2.48. The SMILES string of the molecule is COc1cc2c(cc1-c1cc(C)c(OC)c(C)c1)CC(C)(C)C2NC(=O)O. The number of hydrogen-bond acceptors (Lipinski definition) is 3. The van der Waals surface area contributed by atoms with Crippen LogP contribution in [0.3, 0.4) is 0 Å². The van der Waals surface area contributed by atoms with Gasteiger partial charge >= 0.3 is 6.09 Å². The van der Waals surface area contributed by atoms with E-state index in [0.717, 1.165) is 51.3 Å². The van der Waals surface area contributed by atoms with Crippen molar-refractivity contribution in [3.05, 3.63) is 46.5 Å². The van der Waals surface area contributed by atoms with Crippen molar-refractivity contribution in [1.82, 2.24) is 5.32 Å². The van der Waals surface area contributed by atoms with Crippen LogP contribution in [0.1, 0.15) is 42.1 Å². The number of ether oxygens (including phenoxy) is 2. The lowest BCUT2D eigenvalue weighted by atomic mass is 9.85. The number of methoxy groups -OCH3 is 2. The molecule has 1 amide bonds. The third kappa shape index (κ3) is 3.34. The highest BCUT2D eigenvalue weighted by molar-refractivity contribution is 5.75. The van der Waals surface area contributed by atoms with Gasteiger partial charge in [0.05, 0.1) is 20.3 Å². The summed E-state index contributed by atoms with van der Waals surface area (Å²) in [5, 5.41) is 11.9. The van der Waals surface area contributed by atoms with E-state index in [0.29, 0.717) is 0 Å². The summed E-state index contributed by atoms with van der Waals surface area (Å²) in [6.07, 6.45) is -0.205. The van der Waals surface area contributed by atoms with Gasteiger partial charge in [0.15, 0.2) is 0 Å².